The number of carbonyl (C=O) groups excluding carboxylic acids is 4. The Hall–Kier alpha value is -4.91. The number of nitrogens with two attached hydrogens (primary N) is 4. The van der Waals surface area contributed by atoms with Gasteiger partial charge in [0.25, 0.3) is 0 Å². The van der Waals surface area contributed by atoms with Gasteiger partial charge in [0.05, 0.1) is 6.04 Å². The Balaban J connectivity index is 1.71. The molecule has 4 amide bonds. The van der Waals surface area contributed by atoms with Gasteiger partial charge < -0.3 is 43.9 Å². The number of aliphatic imine (C=N–C) groups is 1. The summed E-state index contributed by atoms with van der Waals surface area (Å²) in [5.41, 5.74) is 25.4. The highest BCUT2D eigenvalue weighted by Gasteiger charge is 2.30. The van der Waals surface area contributed by atoms with Crippen molar-refractivity contribution in [2.45, 2.75) is 76.0 Å². The number of nitrogens with zero attached hydrogens (tertiary/aromatic N) is 1. The number of H-pyrrole nitrogens is 1. The molecule has 1 aromatic heterocycles. The lowest BCUT2D eigenvalue weighted by atomic mass is 10.0. The van der Waals surface area contributed by atoms with Crippen LogP contribution in [0.25, 0.3) is 10.9 Å². The van der Waals surface area contributed by atoms with E-state index >= 15 is 0 Å². The highest BCUT2D eigenvalue weighted by molar-refractivity contribution is 5.95. The van der Waals surface area contributed by atoms with Crippen molar-refractivity contribution in [3.05, 3.63) is 71.9 Å². The number of nitrogens with one attached hydrogen (secondary N) is 4. The predicted molar refractivity (Wildman–Crippen MR) is 175 cm³/mol. The smallest absolute Gasteiger partial charge is 0.243 e. The number of carbonyl (C=O) groups is 4. The van der Waals surface area contributed by atoms with Crippen LogP contribution in [0.4, 0.5) is 0 Å². The predicted octanol–water partition coefficient (Wildman–Crippen LogP) is 0.464. The number of para-hydroxylation sites is 1. The van der Waals surface area contributed by atoms with Crippen LogP contribution in [0.15, 0.2) is 65.8 Å². The second-order valence-corrected chi connectivity index (χ2v) is 11.0. The normalized spacial score (nSPS) is 13.6. The molecule has 0 aliphatic heterocycles. The summed E-state index contributed by atoms with van der Waals surface area (Å²) in [7, 11) is 0. The number of rotatable bonds is 18. The first-order valence-electron chi connectivity index (χ1n) is 15.2. The second kappa shape index (κ2) is 17.4. The quantitative estimate of drug-likeness (QED) is 0.0568. The van der Waals surface area contributed by atoms with Gasteiger partial charge in [-0.1, -0.05) is 68.3 Å². The zero-order valence-corrected chi connectivity index (χ0v) is 25.6. The van der Waals surface area contributed by atoms with Crippen LogP contribution in [-0.4, -0.2) is 65.3 Å². The number of fused-ring (bicyclic) bond motifs is 1. The van der Waals surface area contributed by atoms with Crippen LogP contribution in [0.3, 0.4) is 0 Å². The van der Waals surface area contributed by atoms with E-state index < -0.39 is 47.8 Å². The second-order valence-electron chi connectivity index (χ2n) is 11.0. The van der Waals surface area contributed by atoms with Crippen molar-refractivity contribution >= 4 is 40.5 Å². The summed E-state index contributed by atoms with van der Waals surface area (Å²) in [6.45, 7) is 2.19. The average molecular weight is 620 g/mol. The molecular formula is C32H45N9O4. The van der Waals surface area contributed by atoms with Crippen LogP contribution >= 0.6 is 0 Å². The van der Waals surface area contributed by atoms with Crippen molar-refractivity contribution in [2.24, 2.45) is 27.9 Å². The van der Waals surface area contributed by atoms with Crippen molar-refractivity contribution in [1.29, 1.82) is 0 Å². The number of unbranched alkanes of at least 4 members (excludes halogenated alkanes) is 1. The minimum absolute atomic E-state index is 0.0944. The molecule has 12 N–H and O–H groups in total. The first-order chi connectivity index (χ1) is 21.6. The standard InChI is InChI=1S/C32H45N9O4/c1-2-3-13-25(39-29(43)23(33)18-21-19-38-24-14-8-7-12-22(21)24)30(44)40-26(15-9-16-37-32(35)36)31(45)41-27(28(34)42)17-20-10-5-4-6-11-20/h4-8,10-12,14,19,23,25-27,38H,2-3,9,13,15-18,33H2,1H3,(H2,34,42)(H,39,43)(H,40,44)(H,41,45)(H4,35,36,37)/t23-,25-,26-,27-/m0/s1. The Morgan fingerprint density at radius 1 is 0.778 bits per heavy atom. The fourth-order valence-corrected chi connectivity index (χ4v) is 4.98. The molecule has 0 aliphatic carbocycles. The molecule has 0 saturated heterocycles. The van der Waals surface area contributed by atoms with Crippen molar-refractivity contribution in [3.8, 4) is 0 Å². The highest BCUT2D eigenvalue weighted by atomic mass is 16.2. The zero-order valence-electron chi connectivity index (χ0n) is 25.6. The molecule has 0 aliphatic rings. The van der Waals surface area contributed by atoms with E-state index in [0.29, 0.717) is 19.3 Å². The van der Waals surface area contributed by atoms with Crippen LogP contribution in [0, 0.1) is 0 Å². The lowest BCUT2D eigenvalue weighted by Gasteiger charge is -2.25. The van der Waals surface area contributed by atoms with E-state index in [2.05, 4.69) is 25.9 Å². The molecule has 1 heterocycles. The van der Waals surface area contributed by atoms with E-state index in [4.69, 9.17) is 22.9 Å². The van der Waals surface area contributed by atoms with E-state index in [9.17, 15) is 19.2 Å². The Labute approximate surface area is 262 Å². The van der Waals surface area contributed by atoms with Crippen molar-refractivity contribution in [2.75, 3.05) is 6.54 Å². The third-order valence-corrected chi connectivity index (χ3v) is 7.45. The van der Waals surface area contributed by atoms with Crippen molar-refractivity contribution < 1.29 is 19.2 Å². The van der Waals surface area contributed by atoms with Gasteiger partial charge in [-0.05, 0) is 42.9 Å². The molecule has 3 rings (SSSR count). The summed E-state index contributed by atoms with van der Waals surface area (Å²) in [6, 6.07) is 12.9. The van der Waals surface area contributed by atoms with E-state index in [1.807, 2.05) is 67.7 Å². The summed E-state index contributed by atoms with van der Waals surface area (Å²) >= 11 is 0. The average Bonchev–Trinajstić information content (AvgIpc) is 3.42. The summed E-state index contributed by atoms with van der Waals surface area (Å²) < 4.78 is 0. The SMILES string of the molecule is CCCC[C@H](NC(=O)[C@@H](N)Cc1c[nH]c2ccccc12)C(=O)N[C@@H](CCCN=C(N)N)C(=O)N[C@@H](Cc1ccccc1)C(N)=O. The van der Waals surface area contributed by atoms with E-state index in [1.54, 1.807) is 0 Å². The van der Waals surface area contributed by atoms with Gasteiger partial charge in [0, 0.05) is 30.1 Å². The van der Waals surface area contributed by atoms with Gasteiger partial charge in [-0.3, -0.25) is 24.2 Å². The number of aromatic nitrogens is 1. The fourth-order valence-electron chi connectivity index (χ4n) is 4.98. The molecule has 13 heteroatoms. The number of hydrogen-bond donors (Lipinski definition) is 8. The van der Waals surface area contributed by atoms with Gasteiger partial charge in [0.1, 0.15) is 18.1 Å². The molecule has 0 spiro atoms. The largest absolute Gasteiger partial charge is 0.370 e. The number of benzene rings is 2. The fraction of sp³-hybridized carbons (Fsp3) is 0.406. The Morgan fingerprint density at radius 3 is 2.02 bits per heavy atom. The molecule has 0 bridgehead atoms. The van der Waals surface area contributed by atoms with E-state index in [0.717, 1.165) is 28.5 Å². The lowest BCUT2D eigenvalue weighted by molar-refractivity contribution is -0.133. The van der Waals surface area contributed by atoms with Crippen LogP contribution in [0.5, 0.6) is 0 Å². The first kappa shape index (κ1) is 34.6. The van der Waals surface area contributed by atoms with Crippen LogP contribution in [0.2, 0.25) is 0 Å². The minimum Gasteiger partial charge on any atom is -0.370 e. The third-order valence-electron chi connectivity index (χ3n) is 7.45. The van der Waals surface area contributed by atoms with Crippen LogP contribution in [0.1, 0.15) is 50.2 Å². The van der Waals surface area contributed by atoms with Crippen molar-refractivity contribution in [1.82, 2.24) is 20.9 Å². The maximum atomic E-state index is 13.6. The molecule has 2 aromatic carbocycles. The van der Waals surface area contributed by atoms with E-state index in [-0.39, 0.29) is 31.8 Å². The Bertz CT molecular complexity index is 1450. The first-order valence-corrected chi connectivity index (χ1v) is 15.2. The van der Waals surface area contributed by atoms with Crippen LogP contribution in [-0.2, 0) is 32.0 Å². The van der Waals surface area contributed by atoms with Gasteiger partial charge >= 0.3 is 0 Å². The molecule has 0 fully saturated rings. The summed E-state index contributed by atoms with van der Waals surface area (Å²) in [4.78, 5) is 59.5. The minimum atomic E-state index is -1.05. The number of primary amides is 1. The Kier molecular flexibility index (Phi) is 13.4. The maximum absolute atomic E-state index is 13.6. The summed E-state index contributed by atoms with van der Waals surface area (Å²) in [5.74, 6) is -2.43. The van der Waals surface area contributed by atoms with Crippen molar-refractivity contribution in [3.63, 3.8) is 0 Å². The summed E-state index contributed by atoms with van der Waals surface area (Å²) in [5, 5.41) is 9.19. The number of aromatic amines is 1. The molecule has 242 valence electrons. The molecule has 3 aromatic rings. The van der Waals surface area contributed by atoms with E-state index in [1.165, 1.54) is 0 Å². The summed E-state index contributed by atoms with van der Waals surface area (Å²) in [6.07, 6.45) is 4.57. The molecule has 4 atom stereocenters. The molecule has 0 saturated carbocycles. The molecule has 0 unspecified atom stereocenters. The number of hydrogen-bond acceptors (Lipinski definition) is 6. The lowest BCUT2D eigenvalue weighted by Crippen LogP contribution is -2.57. The van der Waals surface area contributed by atoms with Gasteiger partial charge in [-0.25, -0.2) is 0 Å². The van der Waals surface area contributed by atoms with Crippen LogP contribution < -0.4 is 38.9 Å². The zero-order chi connectivity index (χ0) is 32.8. The number of guanidine groups is 1. The number of amides is 4. The Morgan fingerprint density at radius 2 is 1.38 bits per heavy atom. The van der Waals surface area contributed by atoms with Gasteiger partial charge in [-0.15, -0.1) is 0 Å². The highest BCUT2D eigenvalue weighted by Crippen LogP contribution is 2.19. The molecule has 13 nitrogen and oxygen atoms in total. The molecule has 45 heavy (non-hydrogen) atoms. The monoisotopic (exact) mass is 619 g/mol. The third kappa shape index (κ3) is 10.9. The molecule has 0 radical (unpaired) electrons. The molecular weight excluding hydrogens is 574 g/mol. The maximum Gasteiger partial charge on any atom is 0.243 e. The van der Waals surface area contributed by atoms with Gasteiger partial charge in [0.2, 0.25) is 23.6 Å². The topological polar surface area (TPSA) is 237 Å². The van der Waals surface area contributed by atoms with Gasteiger partial charge in [0.15, 0.2) is 5.96 Å². The van der Waals surface area contributed by atoms with Gasteiger partial charge in [-0.2, -0.15) is 0 Å².